The number of aromatic carboxylic acids is 1. The minimum atomic E-state index is -0.955. The third kappa shape index (κ3) is 3.66. The van der Waals surface area contributed by atoms with Gasteiger partial charge in [-0.15, -0.1) is 0 Å². The van der Waals surface area contributed by atoms with Crippen LogP contribution in [-0.4, -0.2) is 11.1 Å². The summed E-state index contributed by atoms with van der Waals surface area (Å²) in [6, 6.07) is 10.0. The van der Waals surface area contributed by atoms with Crippen LogP contribution in [0, 0.1) is 0 Å². The van der Waals surface area contributed by atoms with Gasteiger partial charge in [-0.3, -0.25) is 0 Å². The van der Waals surface area contributed by atoms with Crippen molar-refractivity contribution < 1.29 is 9.90 Å². The fourth-order valence-electron chi connectivity index (χ4n) is 1.65. The van der Waals surface area contributed by atoms with Crippen LogP contribution in [0.15, 0.2) is 40.9 Å². The maximum Gasteiger partial charge on any atom is 0.335 e. The van der Waals surface area contributed by atoms with E-state index in [1.54, 1.807) is 36.4 Å². The summed E-state index contributed by atoms with van der Waals surface area (Å²) in [6.45, 7) is 0.501. The summed E-state index contributed by atoms with van der Waals surface area (Å²) in [4.78, 5) is 10.9. The second-order valence-corrected chi connectivity index (χ2v) is 5.79. The van der Waals surface area contributed by atoms with Gasteiger partial charge in [-0.1, -0.05) is 45.2 Å². The van der Waals surface area contributed by atoms with Gasteiger partial charge in [-0.05, 0) is 35.9 Å². The molecule has 104 valence electrons. The molecule has 0 saturated heterocycles. The molecule has 2 N–H and O–H groups in total. The molecular weight excluding hydrogens is 365 g/mol. The van der Waals surface area contributed by atoms with Gasteiger partial charge in [0.15, 0.2) is 0 Å². The summed E-state index contributed by atoms with van der Waals surface area (Å²) < 4.78 is 0.725. The molecule has 0 aliphatic carbocycles. The average molecular weight is 375 g/mol. The molecule has 0 radical (unpaired) electrons. The molecule has 20 heavy (non-hydrogen) atoms. The number of rotatable bonds is 4. The van der Waals surface area contributed by atoms with E-state index in [0.717, 1.165) is 15.7 Å². The largest absolute Gasteiger partial charge is 0.478 e. The number of carboxylic acid groups (broad SMARTS) is 1. The Morgan fingerprint density at radius 2 is 1.95 bits per heavy atom. The van der Waals surface area contributed by atoms with Crippen LogP contribution in [0.2, 0.25) is 10.0 Å². The lowest BCUT2D eigenvalue weighted by atomic mass is 10.1. The highest BCUT2D eigenvalue weighted by Gasteiger charge is 2.07. The summed E-state index contributed by atoms with van der Waals surface area (Å²) in [7, 11) is 0. The normalized spacial score (nSPS) is 10.3. The van der Waals surface area contributed by atoms with E-state index in [-0.39, 0.29) is 5.56 Å². The van der Waals surface area contributed by atoms with Gasteiger partial charge >= 0.3 is 5.97 Å². The molecule has 0 heterocycles. The topological polar surface area (TPSA) is 49.3 Å². The predicted octanol–water partition coefficient (Wildman–Crippen LogP) is 5.07. The molecule has 0 bridgehead atoms. The van der Waals surface area contributed by atoms with Crippen molar-refractivity contribution in [3.63, 3.8) is 0 Å². The monoisotopic (exact) mass is 373 g/mol. The Labute approximate surface area is 134 Å². The Hall–Kier alpha value is -1.23. The van der Waals surface area contributed by atoms with E-state index >= 15 is 0 Å². The molecule has 0 aromatic heterocycles. The Kier molecular flexibility index (Phi) is 4.91. The Morgan fingerprint density at radius 1 is 1.20 bits per heavy atom. The molecule has 2 rings (SSSR count). The summed E-state index contributed by atoms with van der Waals surface area (Å²) in [5.41, 5.74) is 1.89. The van der Waals surface area contributed by atoms with Crippen LogP contribution in [-0.2, 0) is 6.54 Å². The second kappa shape index (κ2) is 6.48. The van der Waals surface area contributed by atoms with Crippen LogP contribution in [0.3, 0.4) is 0 Å². The van der Waals surface area contributed by atoms with Gasteiger partial charge in [-0.2, -0.15) is 0 Å². The summed E-state index contributed by atoms with van der Waals surface area (Å²) in [6.07, 6.45) is 0. The smallest absolute Gasteiger partial charge is 0.335 e. The molecule has 6 heteroatoms. The van der Waals surface area contributed by atoms with Crippen LogP contribution >= 0.6 is 39.1 Å². The van der Waals surface area contributed by atoms with Gasteiger partial charge in [0.25, 0.3) is 0 Å². The van der Waals surface area contributed by atoms with Crippen LogP contribution in [0.25, 0.3) is 0 Å². The third-order valence-electron chi connectivity index (χ3n) is 2.70. The molecule has 0 atom stereocenters. The number of carbonyl (C=O) groups is 1. The first-order valence-electron chi connectivity index (χ1n) is 5.68. The predicted molar refractivity (Wildman–Crippen MR) is 84.9 cm³/mol. The quantitative estimate of drug-likeness (QED) is 0.785. The Balaban J connectivity index is 2.15. The van der Waals surface area contributed by atoms with Crippen molar-refractivity contribution in [3.8, 4) is 0 Å². The van der Waals surface area contributed by atoms with Gasteiger partial charge in [0.05, 0.1) is 16.3 Å². The van der Waals surface area contributed by atoms with Gasteiger partial charge in [0.1, 0.15) is 0 Å². The van der Waals surface area contributed by atoms with Gasteiger partial charge in [-0.25, -0.2) is 4.79 Å². The number of hydrogen-bond donors (Lipinski definition) is 2. The second-order valence-electron chi connectivity index (χ2n) is 4.09. The number of carboxylic acids is 1. The molecule has 2 aromatic carbocycles. The third-order valence-corrected chi connectivity index (χ3v) is 4.00. The van der Waals surface area contributed by atoms with Crippen LogP contribution in [0.1, 0.15) is 15.9 Å². The number of anilines is 1. The molecule has 2 aromatic rings. The van der Waals surface area contributed by atoms with E-state index < -0.39 is 5.97 Å². The minimum Gasteiger partial charge on any atom is -0.478 e. The van der Waals surface area contributed by atoms with Gasteiger partial charge in [0, 0.05) is 16.0 Å². The molecule has 0 spiro atoms. The molecule has 0 unspecified atom stereocenters. The maximum atomic E-state index is 10.9. The number of hydrogen-bond acceptors (Lipinski definition) is 2. The molecule has 0 saturated carbocycles. The highest BCUT2D eigenvalue weighted by molar-refractivity contribution is 9.10. The molecule has 0 aliphatic rings. The Morgan fingerprint density at radius 3 is 2.60 bits per heavy atom. The molecule has 0 aliphatic heterocycles. The minimum absolute atomic E-state index is 0.237. The van der Waals surface area contributed by atoms with Crippen molar-refractivity contribution in [2.75, 3.05) is 5.32 Å². The van der Waals surface area contributed by atoms with E-state index in [2.05, 4.69) is 21.2 Å². The first-order valence-corrected chi connectivity index (χ1v) is 7.23. The van der Waals surface area contributed by atoms with E-state index in [4.69, 9.17) is 28.3 Å². The van der Waals surface area contributed by atoms with Crippen LogP contribution in [0.4, 0.5) is 5.69 Å². The van der Waals surface area contributed by atoms with Gasteiger partial charge < -0.3 is 10.4 Å². The molecule has 3 nitrogen and oxygen atoms in total. The average Bonchev–Trinajstić information content (AvgIpc) is 2.40. The zero-order valence-corrected chi connectivity index (χ0v) is 13.3. The van der Waals surface area contributed by atoms with Crippen molar-refractivity contribution in [3.05, 3.63) is 62.0 Å². The zero-order valence-electron chi connectivity index (χ0n) is 10.2. The molecule has 0 fully saturated rings. The lowest BCUT2D eigenvalue weighted by molar-refractivity contribution is 0.0697. The first kappa shape index (κ1) is 15.2. The van der Waals surface area contributed by atoms with Crippen molar-refractivity contribution in [2.45, 2.75) is 6.54 Å². The Bertz CT molecular complexity index is 662. The number of benzene rings is 2. The molecular formula is C14H10BrCl2NO2. The highest BCUT2D eigenvalue weighted by Crippen LogP contribution is 2.27. The van der Waals surface area contributed by atoms with Crippen molar-refractivity contribution in [2.24, 2.45) is 0 Å². The summed E-state index contributed by atoms with van der Waals surface area (Å²) in [5.74, 6) is -0.955. The number of halogens is 3. The van der Waals surface area contributed by atoms with Gasteiger partial charge in [0.2, 0.25) is 0 Å². The lowest BCUT2D eigenvalue weighted by Crippen LogP contribution is -2.03. The highest BCUT2D eigenvalue weighted by atomic mass is 79.9. The summed E-state index contributed by atoms with van der Waals surface area (Å²) >= 11 is 15.3. The van der Waals surface area contributed by atoms with Crippen molar-refractivity contribution >= 4 is 50.8 Å². The fourth-order valence-corrected chi connectivity index (χ4v) is 2.52. The fraction of sp³-hybridized carbons (Fsp3) is 0.0714. The first-order chi connectivity index (χ1) is 9.47. The van der Waals surface area contributed by atoms with E-state index in [0.29, 0.717) is 16.6 Å². The van der Waals surface area contributed by atoms with E-state index in [1.165, 1.54) is 0 Å². The number of nitrogens with one attached hydrogen (secondary N) is 1. The SMILES string of the molecule is O=C(O)c1ccc(CNc2cc(Cl)ccc2Cl)c(Br)c1. The van der Waals surface area contributed by atoms with Crippen molar-refractivity contribution in [1.29, 1.82) is 0 Å². The maximum absolute atomic E-state index is 10.9. The molecule has 0 amide bonds. The van der Waals surface area contributed by atoms with Crippen molar-refractivity contribution in [1.82, 2.24) is 0 Å². The van der Waals surface area contributed by atoms with Crippen LogP contribution < -0.4 is 5.32 Å². The van der Waals surface area contributed by atoms with Crippen LogP contribution in [0.5, 0.6) is 0 Å². The zero-order chi connectivity index (χ0) is 14.7. The van der Waals surface area contributed by atoms with E-state index in [9.17, 15) is 4.79 Å². The lowest BCUT2D eigenvalue weighted by Gasteiger charge is -2.10. The summed E-state index contributed by atoms with van der Waals surface area (Å²) in [5, 5.41) is 13.2. The standard InChI is InChI=1S/C14H10BrCl2NO2/c15-11-5-8(14(19)20)1-2-9(11)7-18-13-6-10(16)3-4-12(13)17/h1-6,18H,7H2,(H,19,20). The van der Waals surface area contributed by atoms with E-state index in [1.807, 2.05) is 0 Å².